The minimum atomic E-state index is -0.414. The van der Waals surface area contributed by atoms with Gasteiger partial charge in [-0.3, -0.25) is 9.69 Å². The number of rotatable bonds is 3. The highest BCUT2D eigenvalue weighted by atomic mass is 32.1. The van der Waals surface area contributed by atoms with Crippen LogP contribution in [0.15, 0.2) is 5.38 Å². The summed E-state index contributed by atoms with van der Waals surface area (Å²) in [5.74, 6) is 0.784. The molecule has 8 heteroatoms. The summed E-state index contributed by atoms with van der Waals surface area (Å²) in [6, 6.07) is 0. The minimum Gasteiger partial charge on any atom is -0.377 e. The van der Waals surface area contributed by atoms with Crippen LogP contribution in [0.5, 0.6) is 0 Å². The lowest BCUT2D eigenvalue weighted by Crippen LogP contribution is -2.60. The van der Waals surface area contributed by atoms with E-state index in [1.165, 1.54) is 24.4 Å². The van der Waals surface area contributed by atoms with Crippen LogP contribution in [0, 0.1) is 5.92 Å². The monoisotopic (exact) mass is 338 g/mol. The Labute approximate surface area is 139 Å². The minimum absolute atomic E-state index is 0.0561. The second-order valence-electron chi connectivity index (χ2n) is 6.78. The Morgan fingerprint density at radius 2 is 2.26 bits per heavy atom. The van der Waals surface area contributed by atoms with Crippen LogP contribution in [0.2, 0.25) is 0 Å². The molecule has 1 saturated carbocycles. The Kier molecular flexibility index (Phi) is 4.31. The molecule has 1 aromatic rings. The molecule has 3 fully saturated rings. The molecule has 1 amide bonds. The van der Waals surface area contributed by atoms with Crippen molar-refractivity contribution in [2.24, 2.45) is 5.92 Å². The highest BCUT2D eigenvalue weighted by molar-refractivity contribution is 7.03. The van der Waals surface area contributed by atoms with E-state index in [2.05, 4.69) is 14.5 Å². The van der Waals surface area contributed by atoms with E-state index in [1.54, 1.807) is 5.38 Å². The zero-order valence-corrected chi connectivity index (χ0v) is 14.0. The number of ether oxygens (including phenoxy) is 2. The predicted octanol–water partition coefficient (Wildman–Crippen LogP) is 0.492. The second-order valence-corrected chi connectivity index (χ2v) is 7.39. The van der Waals surface area contributed by atoms with Gasteiger partial charge in [0, 0.05) is 31.6 Å². The average molecular weight is 338 g/mol. The smallest absolute Gasteiger partial charge is 0.275 e. The SMILES string of the molecule is O=C(c1csnn1)N1CCOC2(COCCN(CC3CC3)C2)C1. The van der Waals surface area contributed by atoms with Crippen molar-refractivity contribution in [3.05, 3.63) is 11.1 Å². The van der Waals surface area contributed by atoms with E-state index in [1.807, 2.05) is 4.90 Å². The molecule has 126 valence electrons. The molecule has 0 N–H and O–H groups in total. The highest BCUT2D eigenvalue weighted by Gasteiger charge is 2.42. The third kappa shape index (κ3) is 3.55. The first-order valence-corrected chi connectivity index (χ1v) is 9.08. The van der Waals surface area contributed by atoms with Crippen molar-refractivity contribution in [2.75, 3.05) is 52.5 Å². The number of hydrogen-bond acceptors (Lipinski definition) is 7. The zero-order valence-electron chi connectivity index (χ0n) is 13.1. The molecule has 2 aliphatic heterocycles. The van der Waals surface area contributed by atoms with E-state index in [0.717, 1.165) is 32.2 Å². The molecule has 3 heterocycles. The summed E-state index contributed by atoms with van der Waals surface area (Å²) in [7, 11) is 0. The fourth-order valence-corrected chi connectivity index (χ4v) is 3.86. The summed E-state index contributed by atoms with van der Waals surface area (Å²) in [6.07, 6.45) is 2.68. The van der Waals surface area contributed by atoms with Gasteiger partial charge >= 0.3 is 0 Å². The second kappa shape index (κ2) is 6.43. The molecule has 7 nitrogen and oxygen atoms in total. The lowest BCUT2D eigenvalue weighted by Gasteiger charge is -2.43. The van der Waals surface area contributed by atoms with Gasteiger partial charge in [-0.1, -0.05) is 4.49 Å². The maximum Gasteiger partial charge on any atom is 0.275 e. The number of carbonyl (C=O) groups excluding carboxylic acids is 1. The molecule has 1 spiro atoms. The van der Waals surface area contributed by atoms with E-state index in [-0.39, 0.29) is 5.91 Å². The van der Waals surface area contributed by atoms with Crippen molar-refractivity contribution in [2.45, 2.75) is 18.4 Å². The van der Waals surface area contributed by atoms with Crippen molar-refractivity contribution in [3.8, 4) is 0 Å². The van der Waals surface area contributed by atoms with Gasteiger partial charge in [-0.05, 0) is 30.3 Å². The quantitative estimate of drug-likeness (QED) is 0.799. The third-order valence-corrected chi connectivity index (χ3v) is 5.26. The maximum atomic E-state index is 12.6. The first-order valence-electron chi connectivity index (χ1n) is 8.24. The number of carbonyl (C=O) groups is 1. The molecule has 3 aliphatic rings. The number of morpholine rings is 1. The molecule has 1 aliphatic carbocycles. The van der Waals surface area contributed by atoms with Gasteiger partial charge in [0.1, 0.15) is 5.60 Å². The Morgan fingerprint density at radius 1 is 1.35 bits per heavy atom. The number of hydrogen-bond donors (Lipinski definition) is 0. The van der Waals surface area contributed by atoms with Crippen LogP contribution in [0.25, 0.3) is 0 Å². The molecule has 4 rings (SSSR count). The summed E-state index contributed by atoms with van der Waals surface area (Å²) in [5.41, 5.74) is 0.0133. The van der Waals surface area contributed by atoms with Crippen LogP contribution in [-0.2, 0) is 9.47 Å². The Hall–Kier alpha value is -1.09. The highest BCUT2D eigenvalue weighted by Crippen LogP contribution is 2.31. The van der Waals surface area contributed by atoms with E-state index >= 15 is 0 Å². The molecule has 1 aromatic heterocycles. The number of nitrogens with zero attached hydrogens (tertiary/aromatic N) is 4. The van der Waals surface area contributed by atoms with Gasteiger partial charge in [-0.25, -0.2) is 0 Å². The molecule has 1 atom stereocenters. The van der Waals surface area contributed by atoms with Crippen molar-refractivity contribution in [1.82, 2.24) is 19.4 Å². The van der Waals surface area contributed by atoms with Gasteiger partial charge in [0.05, 0.1) is 26.4 Å². The first-order chi connectivity index (χ1) is 11.2. The largest absolute Gasteiger partial charge is 0.377 e. The molecule has 1 unspecified atom stereocenters. The van der Waals surface area contributed by atoms with E-state index in [9.17, 15) is 4.79 Å². The fraction of sp³-hybridized carbons (Fsp3) is 0.800. The van der Waals surface area contributed by atoms with Crippen LogP contribution < -0.4 is 0 Å². The van der Waals surface area contributed by atoms with E-state index in [4.69, 9.17) is 9.47 Å². The lowest BCUT2D eigenvalue weighted by atomic mass is 10.0. The van der Waals surface area contributed by atoms with Crippen LogP contribution in [-0.4, -0.2) is 83.4 Å². The van der Waals surface area contributed by atoms with Gasteiger partial charge < -0.3 is 14.4 Å². The van der Waals surface area contributed by atoms with E-state index < -0.39 is 5.60 Å². The average Bonchev–Trinajstić information content (AvgIpc) is 3.24. The fourth-order valence-electron chi connectivity index (χ4n) is 3.43. The molecule has 23 heavy (non-hydrogen) atoms. The summed E-state index contributed by atoms with van der Waals surface area (Å²) in [6.45, 7) is 5.90. The van der Waals surface area contributed by atoms with Crippen molar-refractivity contribution >= 4 is 17.4 Å². The Bertz CT molecular complexity index is 551. The zero-order chi connectivity index (χ0) is 15.7. The van der Waals surface area contributed by atoms with Gasteiger partial charge in [0.2, 0.25) is 0 Å². The lowest BCUT2D eigenvalue weighted by molar-refractivity contribution is -0.133. The predicted molar refractivity (Wildman–Crippen MR) is 84.5 cm³/mol. The van der Waals surface area contributed by atoms with Gasteiger partial charge in [0.25, 0.3) is 5.91 Å². The molecular formula is C15H22N4O3S. The molecule has 0 bridgehead atoms. The Morgan fingerprint density at radius 3 is 3.04 bits per heavy atom. The van der Waals surface area contributed by atoms with Crippen molar-refractivity contribution < 1.29 is 14.3 Å². The first kappa shape index (κ1) is 15.4. The molecule has 2 saturated heterocycles. The van der Waals surface area contributed by atoms with Crippen LogP contribution in [0.1, 0.15) is 23.3 Å². The Balaban J connectivity index is 1.46. The van der Waals surface area contributed by atoms with Gasteiger partial charge in [-0.15, -0.1) is 5.10 Å². The van der Waals surface area contributed by atoms with Crippen molar-refractivity contribution in [1.29, 1.82) is 0 Å². The van der Waals surface area contributed by atoms with E-state index in [0.29, 0.717) is 32.0 Å². The van der Waals surface area contributed by atoms with Crippen molar-refractivity contribution in [3.63, 3.8) is 0 Å². The van der Waals surface area contributed by atoms with Crippen LogP contribution in [0.3, 0.4) is 0 Å². The van der Waals surface area contributed by atoms with Crippen LogP contribution >= 0.6 is 11.5 Å². The summed E-state index contributed by atoms with van der Waals surface area (Å²) in [5, 5.41) is 5.60. The van der Waals surface area contributed by atoms with Gasteiger partial charge in [0.15, 0.2) is 5.69 Å². The number of amides is 1. The summed E-state index contributed by atoms with van der Waals surface area (Å²) < 4.78 is 15.7. The molecular weight excluding hydrogens is 316 g/mol. The normalized spacial score (nSPS) is 29.7. The summed E-state index contributed by atoms with van der Waals surface area (Å²) >= 11 is 1.20. The topological polar surface area (TPSA) is 67.8 Å². The molecule has 0 aromatic carbocycles. The summed E-state index contributed by atoms with van der Waals surface area (Å²) in [4.78, 5) is 16.8. The molecule has 0 radical (unpaired) electrons. The standard InChI is InChI=1S/C15H22N4O3S/c20-14(13-8-23-17-16-13)19-4-6-22-15(10-19)9-18(3-5-21-11-15)7-12-1-2-12/h8,12H,1-7,9-11H2. The van der Waals surface area contributed by atoms with Gasteiger partial charge in [-0.2, -0.15) is 0 Å². The van der Waals surface area contributed by atoms with Crippen LogP contribution in [0.4, 0.5) is 0 Å². The number of aromatic nitrogens is 2. The maximum absolute atomic E-state index is 12.6. The third-order valence-electron chi connectivity index (χ3n) is 4.76.